The lowest BCUT2D eigenvalue weighted by Gasteiger charge is -2.25. The number of thioether (sulfide) groups is 1. The van der Waals surface area contributed by atoms with E-state index in [4.69, 9.17) is 9.47 Å². The van der Waals surface area contributed by atoms with Gasteiger partial charge in [-0.05, 0) is 68.0 Å². The molecule has 2 rings (SSSR count). The van der Waals surface area contributed by atoms with Crippen molar-refractivity contribution in [3.05, 3.63) is 59.2 Å². The average Bonchev–Trinajstić information content (AvgIpc) is 2.78. The first-order chi connectivity index (χ1) is 15.9. The summed E-state index contributed by atoms with van der Waals surface area (Å²) in [6, 6.07) is 7.76. The highest BCUT2D eigenvalue weighted by molar-refractivity contribution is 7.98. The monoisotopic (exact) mass is 476 g/mol. The van der Waals surface area contributed by atoms with Crippen molar-refractivity contribution in [2.24, 2.45) is 0 Å². The fraction of sp³-hybridized carbons (Fsp3) is 0.417. The normalized spacial score (nSPS) is 10.5. The molecule has 1 aromatic carbocycles. The molecule has 1 heterocycles. The van der Waals surface area contributed by atoms with E-state index in [1.807, 2.05) is 6.26 Å². The third-order valence-corrected chi connectivity index (χ3v) is 5.33. The number of hydrogen-bond donors (Lipinski definition) is 0. The first-order valence-corrected chi connectivity index (χ1v) is 12.1. The van der Waals surface area contributed by atoms with E-state index in [9.17, 15) is 18.8 Å². The predicted molar refractivity (Wildman–Crippen MR) is 126 cm³/mol. The maximum absolute atomic E-state index is 13.3. The van der Waals surface area contributed by atoms with Crippen molar-refractivity contribution in [2.75, 3.05) is 36.7 Å². The van der Waals surface area contributed by atoms with E-state index in [1.54, 1.807) is 43.8 Å². The molecule has 0 N–H and O–H groups in total. The summed E-state index contributed by atoms with van der Waals surface area (Å²) in [6.07, 6.45) is 4.13. The van der Waals surface area contributed by atoms with Crippen LogP contribution in [0.4, 0.5) is 10.1 Å². The maximum atomic E-state index is 13.3. The number of halogens is 1. The molecule has 1 amide bonds. The molecule has 0 spiro atoms. The first-order valence-electron chi connectivity index (χ1n) is 10.7. The number of esters is 2. The van der Waals surface area contributed by atoms with Gasteiger partial charge in [0, 0.05) is 12.7 Å². The summed E-state index contributed by atoms with van der Waals surface area (Å²) in [5.41, 5.74) is 1.85. The molecule has 2 aromatic rings. The quantitative estimate of drug-likeness (QED) is 0.260. The number of carbonyl (C=O) groups excluding carboxylic acids is 3. The van der Waals surface area contributed by atoms with Crippen molar-refractivity contribution in [2.45, 2.75) is 33.1 Å². The van der Waals surface area contributed by atoms with E-state index < -0.39 is 24.3 Å². The minimum absolute atomic E-state index is 0.000988. The molecule has 0 aliphatic carbocycles. The third kappa shape index (κ3) is 8.16. The molecule has 33 heavy (non-hydrogen) atoms. The molecular formula is C24H29FN2O5S. The van der Waals surface area contributed by atoms with Gasteiger partial charge in [-0.25, -0.2) is 14.2 Å². The lowest BCUT2D eigenvalue weighted by molar-refractivity contribution is -0.145. The number of carbonyl (C=O) groups is 3. The number of rotatable bonds is 12. The standard InChI is InChI=1S/C24H29FN2O5S/c1-4-31-22(29)15-21(28)27(11-6-12-33-3)20-14-18(13-17-7-9-19(25)10-8-17)16-26-23(20)24(30)32-5-2/h7-10,14,16H,4-6,11-13,15H2,1-3H3. The van der Waals surface area contributed by atoms with Crippen molar-refractivity contribution in [3.63, 3.8) is 0 Å². The van der Waals surface area contributed by atoms with Crippen LogP contribution in [-0.2, 0) is 25.5 Å². The zero-order valence-electron chi connectivity index (χ0n) is 19.1. The molecule has 0 bridgehead atoms. The van der Waals surface area contributed by atoms with Gasteiger partial charge >= 0.3 is 11.9 Å². The molecule has 0 saturated carbocycles. The predicted octanol–water partition coefficient (Wildman–Crippen LogP) is 4.03. The second-order valence-electron chi connectivity index (χ2n) is 7.11. The Labute approximate surface area is 197 Å². The Bertz CT molecular complexity index is 952. The van der Waals surface area contributed by atoms with Crippen LogP contribution >= 0.6 is 11.8 Å². The van der Waals surface area contributed by atoms with Gasteiger partial charge in [0.05, 0.1) is 18.9 Å². The Morgan fingerprint density at radius 3 is 2.39 bits per heavy atom. The first kappa shape index (κ1) is 26.3. The van der Waals surface area contributed by atoms with Crippen LogP contribution in [0.2, 0.25) is 0 Å². The Morgan fingerprint density at radius 2 is 1.76 bits per heavy atom. The highest BCUT2D eigenvalue weighted by Crippen LogP contribution is 2.25. The van der Waals surface area contributed by atoms with Gasteiger partial charge in [-0.2, -0.15) is 11.8 Å². The third-order valence-electron chi connectivity index (χ3n) is 4.64. The molecule has 0 saturated heterocycles. The fourth-order valence-corrected chi connectivity index (χ4v) is 3.59. The molecule has 7 nitrogen and oxygen atoms in total. The van der Waals surface area contributed by atoms with Gasteiger partial charge in [-0.1, -0.05) is 12.1 Å². The lowest BCUT2D eigenvalue weighted by Crippen LogP contribution is -2.35. The Hall–Kier alpha value is -2.94. The largest absolute Gasteiger partial charge is 0.466 e. The van der Waals surface area contributed by atoms with Crippen LogP contribution in [0.1, 0.15) is 48.3 Å². The fourth-order valence-electron chi connectivity index (χ4n) is 3.17. The van der Waals surface area contributed by atoms with Gasteiger partial charge in [0.2, 0.25) is 5.91 Å². The molecule has 0 fully saturated rings. The molecule has 178 valence electrons. The van der Waals surface area contributed by atoms with Crippen LogP contribution in [0, 0.1) is 5.82 Å². The number of amides is 1. The summed E-state index contributed by atoms with van der Waals surface area (Å²) in [6.45, 7) is 3.97. The average molecular weight is 477 g/mol. The van der Waals surface area contributed by atoms with E-state index in [0.717, 1.165) is 16.9 Å². The minimum atomic E-state index is -0.653. The second-order valence-corrected chi connectivity index (χ2v) is 8.09. The van der Waals surface area contributed by atoms with E-state index in [-0.39, 0.29) is 30.4 Å². The van der Waals surface area contributed by atoms with Crippen LogP contribution in [-0.4, -0.2) is 54.6 Å². The number of aromatic nitrogens is 1. The summed E-state index contributed by atoms with van der Waals surface area (Å²) in [5, 5.41) is 0. The summed E-state index contributed by atoms with van der Waals surface area (Å²) in [5.74, 6) is -1.31. The van der Waals surface area contributed by atoms with Crippen molar-refractivity contribution in [1.29, 1.82) is 0 Å². The zero-order valence-corrected chi connectivity index (χ0v) is 20.0. The molecule has 0 atom stereocenters. The lowest BCUT2D eigenvalue weighted by atomic mass is 10.0. The molecule has 0 aliphatic rings. The number of benzene rings is 1. The number of anilines is 1. The zero-order chi connectivity index (χ0) is 24.2. The molecular weight excluding hydrogens is 447 g/mol. The van der Waals surface area contributed by atoms with Gasteiger partial charge in [0.1, 0.15) is 12.2 Å². The van der Waals surface area contributed by atoms with Crippen LogP contribution in [0.3, 0.4) is 0 Å². The van der Waals surface area contributed by atoms with Crippen LogP contribution in [0.15, 0.2) is 36.5 Å². The smallest absolute Gasteiger partial charge is 0.359 e. The van der Waals surface area contributed by atoms with E-state index >= 15 is 0 Å². The van der Waals surface area contributed by atoms with Crippen LogP contribution < -0.4 is 4.90 Å². The Morgan fingerprint density at radius 1 is 1.06 bits per heavy atom. The topological polar surface area (TPSA) is 85.8 Å². The summed E-state index contributed by atoms with van der Waals surface area (Å²) >= 11 is 1.63. The van der Waals surface area contributed by atoms with Gasteiger partial charge in [-0.15, -0.1) is 0 Å². The van der Waals surface area contributed by atoms with Gasteiger partial charge in [-0.3, -0.25) is 9.59 Å². The van der Waals surface area contributed by atoms with E-state index in [0.29, 0.717) is 19.4 Å². The summed E-state index contributed by atoms with van der Waals surface area (Å²) < 4.78 is 23.3. The van der Waals surface area contributed by atoms with Gasteiger partial charge < -0.3 is 14.4 Å². The maximum Gasteiger partial charge on any atom is 0.359 e. The number of pyridine rings is 1. The van der Waals surface area contributed by atoms with Crippen molar-refractivity contribution in [1.82, 2.24) is 4.98 Å². The highest BCUT2D eigenvalue weighted by atomic mass is 32.2. The molecule has 0 aliphatic heterocycles. The van der Waals surface area contributed by atoms with Crippen molar-refractivity contribution < 1.29 is 28.2 Å². The van der Waals surface area contributed by atoms with Crippen LogP contribution in [0.25, 0.3) is 0 Å². The minimum Gasteiger partial charge on any atom is -0.466 e. The van der Waals surface area contributed by atoms with Gasteiger partial charge in [0.25, 0.3) is 0 Å². The number of nitrogens with zero attached hydrogens (tertiary/aromatic N) is 2. The highest BCUT2D eigenvalue weighted by Gasteiger charge is 2.26. The Kier molecular flexibility index (Phi) is 10.8. The van der Waals surface area contributed by atoms with E-state index in [1.165, 1.54) is 23.2 Å². The SMILES string of the molecule is CCOC(=O)CC(=O)N(CCCSC)c1cc(Cc2ccc(F)cc2)cnc1C(=O)OCC. The number of hydrogen-bond acceptors (Lipinski definition) is 7. The molecule has 0 unspecified atom stereocenters. The van der Waals surface area contributed by atoms with Crippen molar-refractivity contribution in [3.8, 4) is 0 Å². The van der Waals surface area contributed by atoms with Gasteiger partial charge in [0.15, 0.2) is 5.69 Å². The molecule has 1 aromatic heterocycles. The number of ether oxygens (including phenoxy) is 2. The summed E-state index contributed by atoms with van der Waals surface area (Å²) in [4.78, 5) is 43.3. The summed E-state index contributed by atoms with van der Waals surface area (Å²) in [7, 11) is 0. The molecule has 9 heteroatoms. The van der Waals surface area contributed by atoms with Crippen LogP contribution in [0.5, 0.6) is 0 Å². The Balaban J connectivity index is 2.45. The second kappa shape index (κ2) is 13.6. The molecule has 0 radical (unpaired) electrons. The van der Waals surface area contributed by atoms with E-state index in [2.05, 4.69) is 4.98 Å². The van der Waals surface area contributed by atoms with Crippen molar-refractivity contribution >= 4 is 35.3 Å².